The first-order chi connectivity index (χ1) is 19.7. The Balaban J connectivity index is 2.69. The Hall–Kier alpha value is -3.37. The average molecular weight is 612 g/mol. The molecule has 1 unspecified atom stereocenters. The highest BCUT2D eigenvalue weighted by atomic mass is 32.2. The second-order valence-corrected chi connectivity index (χ2v) is 15.2. The maximum atomic E-state index is 14.9. The number of benzene rings is 2. The molecule has 0 spiro atoms. The number of aliphatic imine (C=N–C) groups is 2. The summed E-state index contributed by atoms with van der Waals surface area (Å²) in [5, 5.41) is 0. The number of ether oxygens (including phenoxy) is 2. The average Bonchev–Trinajstić information content (AvgIpc) is 3.12. The molecule has 0 amide bonds. The number of hydrogen-bond acceptors (Lipinski definition) is 8. The van der Waals surface area contributed by atoms with Gasteiger partial charge in [0.05, 0.1) is 39.9 Å². The molecule has 0 aromatic heterocycles. The van der Waals surface area contributed by atoms with E-state index in [9.17, 15) is 18.0 Å². The van der Waals surface area contributed by atoms with E-state index in [4.69, 9.17) is 19.5 Å². The minimum atomic E-state index is -4.63. The molecule has 2 aromatic rings. The molecule has 0 N–H and O–H groups in total. The van der Waals surface area contributed by atoms with Crippen LogP contribution in [0.3, 0.4) is 0 Å². The molecule has 0 aliphatic carbocycles. The van der Waals surface area contributed by atoms with Crippen molar-refractivity contribution in [2.45, 2.75) is 116 Å². The maximum Gasteiger partial charge on any atom is 0.346 e. The Morgan fingerprint density at radius 2 is 1.26 bits per heavy atom. The third-order valence-electron chi connectivity index (χ3n) is 6.28. The van der Waals surface area contributed by atoms with Gasteiger partial charge >= 0.3 is 11.9 Å². The van der Waals surface area contributed by atoms with Crippen LogP contribution in [0.15, 0.2) is 69.5 Å². The van der Waals surface area contributed by atoms with Crippen molar-refractivity contribution < 1.29 is 27.5 Å². The first-order valence-electron chi connectivity index (χ1n) is 14.5. The van der Waals surface area contributed by atoms with Crippen molar-refractivity contribution in [3.05, 3.63) is 65.7 Å². The molecule has 1 heterocycles. The second-order valence-electron chi connectivity index (χ2n) is 13.3. The van der Waals surface area contributed by atoms with Gasteiger partial charge in [-0.05, 0) is 93.9 Å². The first-order valence-corrected chi connectivity index (χ1v) is 15.9. The number of aryl methyl sites for hydroxylation is 1. The van der Waals surface area contributed by atoms with Gasteiger partial charge in [-0.15, -0.1) is 0 Å². The molecule has 2 aromatic carbocycles. The third-order valence-corrected chi connectivity index (χ3v) is 8.15. The van der Waals surface area contributed by atoms with Gasteiger partial charge in [-0.1, -0.05) is 48.0 Å². The van der Waals surface area contributed by atoms with Crippen LogP contribution in [-0.4, -0.2) is 64.9 Å². The Kier molecular flexibility index (Phi) is 9.78. The quantitative estimate of drug-likeness (QED) is 0.286. The molecule has 1 aliphatic heterocycles. The van der Waals surface area contributed by atoms with E-state index in [-0.39, 0.29) is 16.3 Å². The predicted molar refractivity (Wildman–Crippen MR) is 169 cm³/mol. The van der Waals surface area contributed by atoms with Gasteiger partial charge in [-0.25, -0.2) is 18.0 Å². The molecule has 43 heavy (non-hydrogen) atoms. The van der Waals surface area contributed by atoms with Crippen LogP contribution >= 0.6 is 0 Å². The van der Waals surface area contributed by atoms with Crippen molar-refractivity contribution in [3.63, 3.8) is 0 Å². The fourth-order valence-corrected chi connectivity index (χ4v) is 6.60. The van der Waals surface area contributed by atoms with Gasteiger partial charge in [-0.2, -0.15) is 4.31 Å². The van der Waals surface area contributed by atoms with Crippen LogP contribution in [0, 0.1) is 6.92 Å². The molecule has 0 saturated carbocycles. The largest absolute Gasteiger partial charge is 0.461 e. The normalized spacial score (nSPS) is 19.8. The fraction of sp³-hybridized carbons (Fsp3) is 0.515. The van der Waals surface area contributed by atoms with Crippen LogP contribution in [0.25, 0.3) is 0 Å². The summed E-state index contributed by atoms with van der Waals surface area (Å²) in [5.74, 6) is -2.21. The summed E-state index contributed by atoms with van der Waals surface area (Å²) in [6.07, 6.45) is -1.37. The lowest BCUT2D eigenvalue weighted by Gasteiger charge is -2.36. The molecule has 0 bridgehead atoms. The minimum absolute atomic E-state index is 0.106. The zero-order valence-corrected chi connectivity index (χ0v) is 27.9. The second kappa shape index (κ2) is 12.3. The summed E-state index contributed by atoms with van der Waals surface area (Å²) in [6.45, 7) is 19.3. The van der Waals surface area contributed by atoms with Gasteiger partial charge in [0.15, 0.2) is 0 Å². The van der Waals surface area contributed by atoms with Crippen molar-refractivity contribution in [2.75, 3.05) is 0 Å². The van der Waals surface area contributed by atoms with Gasteiger partial charge in [0.25, 0.3) is 5.54 Å². The molecule has 1 fully saturated rings. The summed E-state index contributed by atoms with van der Waals surface area (Å²) < 4.78 is 42.3. The van der Waals surface area contributed by atoms with Crippen LogP contribution in [0.2, 0.25) is 0 Å². The van der Waals surface area contributed by atoms with Gasteiger partial charge in [-0.3, -0.25) is 9.98 Å². The van der Waals surface area contributed by atoms with Crippen LogP contribution in [-0.2, 0) is 29.1 Å². The molecule has 3 rings (SSSR count). The van der Waals surface area contributed by atoms with Crippen LogP contribution in [0.4, 0.5) is 0 Å². The zero-order chi connectivity index (χ0) is 32.5. The molecule has 1 aliphatic rings. The third kappa shape index (κ3) is 7.24. The Bertz CT molecular complexity index is 1470. The van der Waals surface area contributed by atoms with Gasteiger partial charge in [0, 0.05) is 0 Å². The Morgan fingerprint density at radius 1 is 0.791 bits per heavy atom. The fourth-order valence-electron chi connectivity index (χ4n) is 4.80. The highest BCUT2D eigenvalue weighted by Crippen LogP contribution is 2.47. The van der Waals surface area contributed by atoms with E-state index in [1.807, 2.05) is 27.7 Å². The molecule has 9 nitrogen and oxygen atoms in total. The topological polar surface area (TPSA) is 115 Å². The van der Waals surface area contributed by atoms with Crippen LogP contribution in [0.5, 0.6) is 0 Å². The molecule has 1 saturated heterocycles. The molecular weight excluding hydrogens is 566 g/mol. The van der Waals surface area contributed by atoms with Crippen molar-refractivity contribution in [1.82, 2.24) is 4.31 Å². The van der Waals surface area contributed by atoms with Crippen molar-refractivity contribution in [2.24, 2.45) is 9.98 Å². The standard InChI is InChI=1S/C33H45N3O6S/c1-21(2)41-29(37)33(30(38)42-22(3)4)28(35-32(9,10)11)26(34-31(6,7)8)27(24-15-13-12-14-16-24)36(33)43(39,40)25-19-17-23(5)18-20-25/h12-22,27H,1-11H3. The highest BCUT2D eigenvalue weighted by Gasteiger charge is 2.71. The summed E-state index contributed by atoms with van der Waals surface area (Å²) in [6, 6.07) is 13.8. The van der Waals surface area contributed by atoms with E-state index in [1.54, 1.807) is 90.9 Å². The van der Waals surface area contributed by atoms with Gasteiger partial charge < -0.3 is 9.47 Å². The number of carbonyl (C=O) groups excluding carboxylic acids is 2. The summed E-state index contributed by atoms with van der Waals surface area (Å²) in [4.78, 5) is 38.9. The van der Waals surface area contributed by atoms with Crippen molar-refractivity contribution in [1.29, 1.82) is 0 Å². The molecule has 10 heteroatoms. The van der Waals surface area contributed by atoms with Gasteiger partial charge in [0.1, 0.15) is 5.71 Å². The Labute approximate surface area is 256 Å². The lowest BCUT2D eigenvalue weighted by molar-refractivity contribution is -0.170. The van der Waals surface area contributed by atoms with Crippen molar-refractivity contribution >= 4 is 33.4 Å². The summed E-state index contributed by atoms with van der Waals surface area (Å²) >= 11 is 0. The van der Waals surface area contributed by atoms with E-state index in [0.717, 1.165) is 9.87 Å². The van der Waals surface area contributed by atoms with E-state index >= 15 is 0 Å². The van der Waals surface area contributed by atoms with Crippen LogP contribution in [0.1, 0.15) is 86.4 Å². The SMILES string of the molecule is Cc1ccc(S(=O)(=O)N2C(c3ccccc3)C(=NC(C)(C)C)C(=NC(C)(C)C)C2(C(=O)OC(C)C)C(=O)OC(C)C)cc1. The molecule has 1 atom stereocenters. The van der Waals surface area contributed by atoms with Crippen LogP contribution < -0.4 is 0 Å². The zero-order valence-electron chi connectivity index (χ0n) is 27.1. The van der Waals surface area contributed by atoms with E-state index in [1.165, 1.54) is 12.1 Å². The van der Waals surface area contributed by atoms with E-state index in [2.05, 4.69) is 0 Å². The predicted octanol–water partition coefficient (Wildman–Crippen LogP) is 5.86. The van der Waals surface area contributed by atoms with E-state index in [0.29, 0.717) is 5.56 Å². The number of esters is 2. The smallest absolute Gasteiger partial charge is 0.346 e. The lowest BCUT2D eigenvalue weighted by Crippen LogP contribution is -2.64. The maximum absolute atomic E-state index is 14.9. The molecule has 0 radical (unpaired) electrons. The highest BCUT2D eigenvalue weighted by molar-refractivity contribution is 7.89. The molecule has 234 valence electrons. The number of rotatable bonds is 7. The van der Waals surface area contributed by atoms with Crippen molar-refractivity contribution in [3.8, 4) is 0 Å². The summed E-state index contributed by atoms with van der Waals surface area (Å²) in [5.41, 5.74) is -2.85. The number of sulfonamides is 1. The number of carbonyl (C=O) groups is 2. The Morgan fingerprint density at radius 3 is 1.67 bits per heavy atom. The number of hydrogen-bond donors (Lipinski definition) is 0. The summed E-state index contributed by atoms with van der Waals surface area (Å²) in [7, 11) is -4.63. The van der Waals surface area contributed by atoms with Gasteiger partial charge in [0.2, 0.25) is 10.0 Å². The number of nitrogens with zero attached hydrogens (tertiary/aromatic N) is 3. The monoisotopic (exact) mass is 611 g/mol. The van der Waals surface area contributed by atoms with E-state index < -0.39 is 56.8 Å². The molecular formula is C33H45N3O6S. The lowest BCUT2D eigenvalue weighted by atomic mass is 9.91. The minimum Gasteiger partial charge on any atom is -0.461 e. The first kappa shape index (κ1) is 34.1.